The fraction of sp³-hybridized carbons (Fsp3) is 0.500. The zero-order chi connectivity index (χ0) is 11.4. The minimum absolute atomic E-state index is 0.217. The van der Waals surface area contributed by atoms with Crippen molar-refractivity contribution in [1.29, 1.82) is 0 Å². The Morgan fingerprint density at radius 3 is 2.60 bits per heavy atom. The van der Waals surface area contributed by atoms with Crippen molar-refractivity contribution in [1.82, 2.24) is 4.90 Å². The lowest BCUT2D eigenvalue weighted by atomic mass is 10.1. The molecule has 0 heterocycles. The Morgan fingerprint density at radius 1 is 1.40 bits per heavy atom. The SMILES string of the molecule is CC(C)CN(C)Cc1ccc(N)cc1F. The first-order valence-electron chi connectivity index (χ1n) is 5.21. The third kappa shape index (κ3) is 3.88. The van der Waals surface area contributed by atoms with Gasteiger partial charge in [-0.15, -0.1) is 0 Å². The molecule has 1 aromatic rings. The summed E-state index contributed by atoms with van der Waals surface area (Å²) in [5.74, 6) is 0.373. The molecule has 2 N–H and O–H groups in total. The maximum absolute atomic E-state index is 13.4. The smallest absolute Gasteiger partial charge is 0.129 e. The van der Waals surface area contributed by atoms with Crippen LogP contribution in [0.5, 0.6) is 0 Å². The fourth-order valence-electron chi connectivity index (χ4n) is 1.67. The molecule has 0 radical (unpaired) electrons. The van der Waals surface area contributed by atoms with Gasteiger partial charge in [0.25, 0.3) is 0 Å². The Hall–Kier alpha value is -1.09. The van der Waals surface area contributed by atoms with Gasteiger partial charge in [-0.2, -0.15) is 0 Å². The van der Waals surface area contributed by atoms with Gasteiger partial charge in [0.15, 0.2) is 0 Å². The van der Waals surface area contributed by atoms with Crippen molar-refractivity contribution in [2.45, 2.75) is 20.4 Å². The zero-order valence-corrected chi connectivity index (χ0v) is 9.63. The minimum Gasteiger partial charge on any atom is -0.399 e. The number of nitrogen functional groups attached to an aromatic ring is 1. The summed E-state index contributed by atoms with van der Waals surface area (Å²) in [4.78, 5) is 2.11. The number of benzene rings is 1. The number of nitrogens with zero attached hydrogens (tertiary/aromatic N) is 1. The third-order valence-electron chi connectivity index (χ3n) is 2.19. The summed E-state index contributed by atoms with van der Waals surface area (Å²) in [6.45, 7) is 5.89. The molecule has 84 valence electrons. The van der Waals surface area contributed by atoms with Crippen LogP contribution in [0.1, 0.15) is 19.4 Å². The van der Waals surface area contributed by atoms with E-state index in [4.69, 9.17) is 5.73 Å². The fourth-order valence-corrected chi connectivity index (χ4v) is 1.67. The molecule has 0 aromatic heterocycles. The molecule has 0 bridgehead atoms. The van der Waals surface area contributed by atoms with Gasteiger partial charge in [-0.25, -0.2) is 4.39 Å². The minimum atomic E-state index is -0.217. The van der Waals surface area contributed by atoms with Crippen LogP contribution in [-0.4, -0.2) is 18.5 Å². The van der Waals surface area contributed by atoms with Crippen LogP contribution in [-0.2, 0) is 6.54 Å². The second-order valence-corrected chi connectivity index (χ2v) is 4.44. The Bertz CT molecular complexity index is 323. The van der Waals surface area contributed by atoms with Crippen LogP contribution in [0.15, 0.2) is 18.2 Å². The summed E-state index contributed by atoms with van der Waals surface area (Å²) in [5, 5.41) is 0. The van der Waals surface area contributed by atoms with E-state index >= 15 is 0 Å². The average Bonchev–Trinajstić information content (AvgIpc) is 2.08. The van der Waals surface area contributed by atoms with Gasteiger partial charge in [-0.05, 0) is 25.1 Å². The van der Waals surface area contributed by atoms with Gasteiger partial charge in [0.1, 0.15) is 5.82 Å². The molecule has 0 aliphatic heterocycles. The Kier molecular flexibility index (Phi) is 4.09. The molecule has 0 aliphatic carbocycles. The van der Waals surface area contributed by atoms with E-state index in [0.29, 0.717) is 23.7 Å². The van der Waals surface area contributed by atoms with Gasteiger partial charge >= 0.3 is 0 Å². The van der Waals surface area contributed by atoms with E-state index in [1.54, 1.807) is 12.1 Å². The van der Waals surface area contributed by atoms with E-state index in [1.807, 2.05) is 7.05 Å². The molecule has 15 heavy (non-hydrogen) atoms. The first-order valence-corrected chi connectivity index (χ1v) is 5.21. The normalized spacial score (nSPS) is 11.3. The van der Waals surface area contributed by atoms with E-state index in [1.165, 1.54) is 6.07 Å². The lowest BCUT2D eigenvalue weighted by molar-refractivity contribution is 0.284. The molecule has 0 fully saturated rings. The van der Waals surface area contributed by atoms with Crippen molar-refractivity contribution in [3.05, 3.63) is 29.6 Å². The van der Waals surface area contributed by atoms with Gasteiger partial charge in [-0.1, -0.05) is 19.9 Å². The lowest BCUT2D eigenvalue weighted by Crippen LogP contribution is -2.23. The van der Waals surface area contributed by atoms with Gasteiger partial charge in [0.2, 0.25) is 0 Å². The molecule has 1 rings (SSSR count). The van der Waals surface area contributed by atoms with Crippen molar-refractivity contribution >= 4 is 5.69 Å². The second-order valence-electron chi connectivity index (χ2n) is 4.44. The van der Waals surface area contributed by atoms with Crippen molar-refractivity contribution < 1.29 is 4.39 Å². The molecule has 0 unspecified atom stereocenters. The predicted molar refractivity (Wildman–Crippen MR) is 62.0 cm³/mol. The van der Waals surface area contributed by atoms with Crippen LogP contribution in [0.4, 0.5) is 10.1 Å². The standard InChI is InChI=1S/C12H19FN2/c1-9(2)7-15(3)8-10-4-5-11(14)6-12(10)13/h4-6,9H,7-8,14H2,1-3H3. The Morgan fingerprint density at radius 2 is 2.07 bits per heavy atom. The highest BCUT2D eigenvalue weighted by atomic mass is 19.1. The molecule has 0 saturated heterocycles. The number of nitrogens with two attached hydrogens (primary N) is 1. The van der Waals surface area contributed by atoms with Crippen molar-refractivity contribution in [2.24, 2.45) is 5.92 Å². The summed E-state index contributed by atoms with van der Waals surface area (Å²) >= 11 is 0. The van der Waals surface area contributed by atoms with E-state index < -0.39 is 0 Å². The number of hydrogen-bond acceptors (Lipinski definition) is 2. The number of hydrogen-bond donors (Lipinski definition) is 1. The molecule has 2 nitrogen and oxygen atoms in total. The van der Waals surface area contributed by atoms with Gasteiger partial charge in [0.05, 0.1) is 0 Å². The molecular formula is C12H19FN2. The second kappa shape index (κ2) is 5.12. The molecule has 0 aliphatic rings. The highest BCUT2D eigenvalue weighted by molar-refractivity contribution is 5.40. The molecular weight excluding hydrogens is 191 g/mol. The monoisotopic (exact) mass is 210 g/mol. The quantitative estimate of drug-likeness (QED) is 0.774. The van der Waals surface area contributed by atoms with Crippen LogP contribution >= 0.6 is 0 Å². The van der Waals surface area contributed by atoms with Gasteiger partial charge in [0, 0.05) is 24.3 Å². The molecule has 0 amide bonds. The maximum Gasteiger partial charge on any atom is 0.129 e. The topological polar surface area (TPSA) is 29.3 Å². The average molecular weight is 210 g/mol. The molecule has 3 heteroatoms. The molecule has 0 saturated carbocycles. The summed E-state index contributed by atoms with van der Waals surface area (Å²) < 4.78 is 13.4. The van der Waals surface area contributed by atoms with Crippen molar-refractivity contribution in [2.75, 3.05) is 19.3 Å². The number of anilines is 1. The van der Waals surface area contributed by atoms with Crippen LogP contribution in [0.25, 0.3) is 0 Å². The van der Waals surface area contributed by atoms with E-state index in [-0.39, 0.29) is 5.82 Å². The summed E-state index contributed by atoms with van der Waals surface area (Å²) in [7, 11) is 2.00. The van der Waals surface area contributed by atoms with Crippen LogP contribution in [0.2, 0.25) is 0 Å². The van der Waals surface area contributed by atoms with Gasteiger partial charge in [-0.3, -0.25) is 0 Å². The molecule has 0 atom stereocenters. The van der Waals surface area contributed by atoms with E-state index in [2.05, 4.69) is 18.7 Å². The van der Waals surface area contributed by atoms with Crippen LogP contribution in [0.3, 0.4) is 0 Å². The summed E-state index contributed by atoms with van der Waals surface area (Å²) in [6, 6.07) is 4.86. The highest BCUT2D eigenvalue weighted by Crippen LogP contribution is 2.13. The molecule has 1 aromatic carbocycles. The predicted octanol–water partition coefficient (Wildman–Crippen LogP) is 2.50. The molecule has 0 spiro atoms. The largest absolute Gasteiger partial charge is 0.399 e. The van der Waals surface area contributed by atoms with E-state index in [0.717, 1.165) is 6.54 Å². The highest BCUT2D eigenvalue weighted by Gasteiger charge is 2.07. The summed E-state index contributed by atoms with van der Waals surface area (Å²) in [6.07, 6.45) is 0. The Labute approximate surface area is 90.9 Å². The third-order valence-corrected chi connectivity index (χ3v) is 2.19. The first-order chi connectivity index (χ1) is 6.99. The van der Waals surface area contributed by atoms with Gasteiger partial charge < -0.3 is 10.6 Å². The number of halogens is 1. The summed E-state index contributed by atoms with van der Waals surface area (Å²) in [5.41, 5.74) is 6.66. The van der Waals surface area contributed by atoms with Crippen LogP contribution < -0.4 is 5.73 Å². The Balaban J connectivity index is 2.64. The zero-order valence-electron chi connectivity index (χ0n) is 9.63. The van der Waals surface area contributed by atoms with Crippen molar-refractivity contribution in [3.8, 4) is 0 Å². The lowest BCUT2D eigenvalue weighted by Gasteiger charge is -2.19. The maximum atomic E-state index is 13.4. The van der Waals surface area contributed by atoms with E-state index in [9.17, 15) is 4.39 Å². The van der Waals surface area contributed by atoms with Crippen LogP contribution in [0, 0.1) is 11.7 Å². The van der Waals surface area contributed by atoms with Crippen molar-refractivity contribution in [3.63, 3.8) is 0 Å². The first kappa shape index (κ1) is 12.0. The number of rotatable bonds is 4.